The molecule has 2 heterocycles. The second-order valence-electron chi connectivity index (χ2n) is 7.20. The molecule has 3 aromatic rings. The van der Waals surface area contributed by atoms with Crippen molar-refractivity contribution in [3.8, 4) is 17.2 Å². The van der Waals surface area contributed by atoms with Crippen molar-refractivity contribution >= 4 is 11.7 Å². The zero-order chi connectivity index (χ0) is 20.1. The predicted octanol–water partition coefficient (Wildman–Crippen LogP) is 4.23. The number of amides is 2. The minimum atomic E-state index is -0.0852. The lowest BCUT2D eigenvalue weighted by Crippen LogP contribution is -2.42. The highest BCUT2D eigenvalue weighted by Crippen LogP contribution is 2.23. The van der Waals surface area contributed by atoms with Gasteiger partial charge in [0.05, 0.1) is 7.11 Å². The van der Waals surface area contributed by atoms with E-state index in [1.807, 2.05) is 59.5 Å². The van der Waals surface area contributed by atoms with Crippen molar-refractivity contribution in [1.82, 2.24) is 15.0 Å². The van der Waals surface area contributed by atoms with Crippen molar-refractivity contribution in [2.24, 2.45) is 5.92 Å². The van der Waals surface area contributed by atoms with Crippen molar-refractivity contribution in [3.05, 3.63) is 60.4 Å². The first-order valence-corrected chi connectivity index (χ1v) is 9.79. The van der Waals surface area contributed by atoms with Crippen LogP contribution in [-0.2, 0) is 6.42 Å². The van der Waals surface area contributed by atoms with Crippen LogP contribution in [0.4, 0.5) is 10.5 Å². The van der Waals surface area contributed by atoms with Crippen LogP contribution >= 0.6 is 0 Å². The first kappa shape index (κ1) is 19.0. The minimum Gasteiger partial charge on any atom is -0.497 e. The van der Waals surface area contributed by atoms with Gasteiger partial charge in [-0.05, 0) is 55.2 Å². The van der Waals surface area contributed by atoms with E-state index in [0.29, 0.717) is 30.6 Å². The van der Waals surface area contributed by atoms with Crippen molar-refractivity contribution in [2.45, 2.75) is 19.3 Å². The Labute approximate surface area is 169 Å². The van der Waals surface area contributed by atoms with Crippen molar-refractivity contribution < 1.29 is 14.1 Å². The quantitative estimate of drug-likeness (QED) is 0.703. The molecule has 2 aromatic carbocycles. The SMILES string of the molecule is COc1ccc(NC(=O)N2CCCC(Cc3noc(-c4ccccc4)n3)C2)cc1. The van der Waals surface area contributed by atoms with Gasteiger partial charge >= 0.3 is 6.03 Å². The number of ether oxygens (including phenoxy) is 1. The first-order chi connectivity index (χ1) is 14.2. The van der Waals surface area contributed by atoms with Crippen LogP contribution in [0.5, 0.6) is 5.75 Å². The van der Waals surface area contributed by atoms with E-state index < -0.39 is 0 Å². The number of carbonyl (C=O) groups is 1. The van der Waals surface area contributed by atoms with Gasteiger partial charge in [-0.15, -0.1) is 0 Å². The third kappa shape index (κ3) is 4.74. The molecule has 0 aliphatic carbocycles. The van der Waals surface area contributed by atoms with E-state index in [0.717, 1.165) is 36.4 Å². The van der Waals surface area contributed by atoms with Gasteiger partial charge in [-0.25, -0.2) is 4.79 Å². The zero-order valence-electron chi connectivity index (χ0n) is 16.4. The molecule has 150 valence electrons. The fourth-order valence-electron chi connectivity index (χ4n) is 3.59. The van der Waals surface area contributed by atoms with Crippen LogP contribution in [0.3, 0.4) is 0 Å². The van der Waals surface area contributed by atoms with E-state index in [1.165, 1.54) is 0 Å². The molecule has 0 saturated carbocycles. The molecule has 1 atom stereocenters. The van der Waals surface area contributed by atoms with Crippen LogP contribution in [0.25, 0.3) is 11.5 Å². The van der Waals surface area contributed by atoms with E-state index in [2.05, 4.69) is 15.5 Å². The lowest BCUT2D eigenvalue weighted by molar-refractivity contribution is 0.176. The summed E-state index contributed by atoms with van der Waals surface area (Å²) in [5, 5.41) is 7.08. The van der Waals surface area contributed by atoms with Crippen LogP contribution in [0.2, 0.25) is 0 Å². The van der Waals surface area contributed by atoms with E-state index in [9.17, 15) is 4.79 Å². The molecule has 1 aromatic heterocycles. The zero-order valence-corrected chi connectivity index (χ0v) is 16.4. The Balaban J connectivity index is 1.34. The summed E-state index contributed by atoms with van der Waals surface area (Å²) in [6.45, 7) is 1.43. The summed E-state index contributed by atoms with van der Waals surface area (Å²) in [6.07, 6.45) is 2.70. The molecular formula is C22H24N4O3. The number of likely N-dealkylation sites (tertiary alicyclic amines) is 1. The molecule has 4 rings (SSSR count). The summed E-state index contributed by atoms with van der Waals surface area (Å²) in [7, 11) is 1.62. The van der Waals surface area contributed by atoms with Gasteiger partial charge in [0.15, 0.2) is 5.82 Å². The summed E-state index contributed by atoms with van der Waals surface area (Å²) in [5.41, 5.74) is 1.67. The molecule has 29 heavy (non-hydrogen) atoms. The smallest absolute Gasteiger partial charge is 0.321 e. The number of hydrogen-bond donors (Lipinski definition) is 1. The number of methoxy groups -OCH3 is 1. The van der Waals surface area contributed by atoms with Gasteiger partial charge in [-0.1, -0.05) is 23.4 Å². The van der Waals surface area contributed by atoms with Gasteiger partial charge in [0.2, 0.25) is 0 Å². The lowest BCUT2D eigenvalue weighted by Gasteiger charge is -2.32. The molecule has 1 N–H and O–H groups in total. The van der Waals surface area contributed by atoms with Gasteiger partial charge in [0.25, 0.3) is 5.89 Å². The maximum Gasteiger partial charge on any atom is 0.321 e. The van der Waals surface area contributed by atoms with Gasteiger partial charge in [0, 0.05) is 30.8 Å². The second-order valence-corrected chi connectivity index (χ2v) is 7.20. The summed E-state index contributed by atoms with van der Waals surface area (Å²) in [5.74, 6) is 2.29. The summed E-state index contributed by atoms with van der Waals surface area (Å²) < 4.78 is 10.5. The standard InChI is InChI=1S/C22H24N4O3/c1-28-19-11-9-18(10-12-19)23-22(27)26-13-5-6-16(15-26)14-20-24-21(29-25-20)17-7-3-2-4-8-17/h2-4,7-12,16H,5-6,13-15H2,1H3,(H,23,27). The number of nitrogens with zero attached hydrogens (tertiary/aromatic N) is 3. The topological polar surface area (TPSA) is 80.5 Å². The van der Waals surface area contributed by atoms with Crippen molar-refractivity contribution in [2.75, 3.05) is 25.5 Å². The van der Waals surface area contributed by atoms with Crippen LogP contribution in [0.15, 0.2) is 59.1 Å². The van der Waals surface area contributed by atoms with Crippen molar-refractivity contribution in [3.63, 3.8) is 0 Å². The Morgan fingerprint density at radius 2 is 2.00 bits per heavy atom. The number of anilines is 1. The van der Waals surface area contributed by atoms with Crippen LogP contribution in [-0.4, -0.2) is 41.3 Å². The van der Waals surface area contributed by atoms with E-state index in [-0.39, 0.29) is 6.03 Å². The van der Waals surface area contributed by atoms with Crippen molar-refractivity contribution in [1.29, 1.82) is 0 Å². The van der Waals surface area contributed by atoms with E-state index in [1.54, 1.807) is 7.11 Å². The summed E-state index contributed by atoms with van der Waals surface area (Å²) in [6, 6.07) is 17.0. The third-order valence-electron chi connectivity index (χ3n) is 5.11. The molecule has 0 radical (unpaired) electrons. The number of hydrogen-bond acceptors (Lipinski definition) is 5. The molecule has 2 amide bonds. The summed E-state index contributed by atoms with van der Waals surface area (Å²) in [4.78, 5) is 19.0. The van der Waals surface area contributed by atoms with Gasteiger partial charge in [-0.3, -0.25) is 0 Å². The molecule has 1 aliphatic heterocycles. The Bertz CT molecular complexity index is 940. The fraction of sp³-hybridized carbons (Fsp3) is 0.318. The average molecular weight is 392 g/mol. The number of urea groups is 1. The number of benzene rings is 2. The van der Waals surface area contributed by atoms with Gasteiger partial charge < -0.3 is 19.5 Å². The molecule has 0 spiro atoms. The molecule has 1 aliphatic rings. The molecule has 0 bridgehead atoms. The Morgan fingerprint density at radius 3 is 2.76 bits per heavy atom. The molecule has 7 nitrogen and oxygen atoms in total. The third-order valence-corrected chi connectivity index (χ3v) is 5.11. The number of nitrogens with one attached hydrogen (secondary N) is 1. The molecule has 1 saturated heterocycles. The molecular weight excluding hydrogens is 368 g/mol. The average Bonchev–Trinajstić information content (AvgIpc) is 3.23. The lowest BCUT2D eigenvalue weighted by atomic mass is 9.95. The maximum absolute atomic E-state index is 12.6. The predicted molar refractivity (Wildman–Crippen MR) is 110 cm³/mol. The highest BCUT2D eigenvalue weighted by Gasteiger charge is 2.25. The second kappa shape index (κ2) is 8.77. The van der Waals surface area contributed by atoms with E-state index >= 15 is 0 Å². The van der Waals surface area contributed by atoms with Crippen LogP contribution in [0.1, 0.15) is 18.7 Å². The molecule has 1 unspecified atom stereocenters. The van der Waals surface area contributed by atoms with Gasteiger partial charge in [-0.2, -0.15) is 4.98 Å². The van der Waals surface area contributed by atoms with Crippen LogP contribution in [0, 0.1) is 5.92 Å². The largest absolute Gasteiger partial charge is 0.497 e. The monoisotopic (exact) mass is 392 g/mol. The number of aromatic nitrogens is 2. The van der Waals surface area contributed by atoms with Crippen LogP contribution < -0.4 is 10.1 Å². The Kier molecular flexibility index (Phi) is 5.74. The molecule has 7 heteroatoms. The highest BCUT2D eigenvalue weighted by molar-refractivity contribution is 5.89. The Hall–Kier alpha value is -3.35. The summed E-state index contributed by atoms with van der Waals surface area (Å²) >= 11 is 0. The number of piperidine rings is 1. The normalized spacial score (nSPS) is 16.4. The van der Waals surface area contributed by atoms with Gasteiger partial charge in [0.1, 0.15) is 5.75 Å². The van der Waals surface area contributed by atoms with E-state index in [4.69, 9.17) is 9.26 Å². The minimum absolute atomic E-state index is 0.0852. The first-order valence-electron chi connectivity index (χ1n) is 9.79. The highest BCUT2D eigenvalue weighted by atomic mass is 16.5. The Morgan fingerprint density at radius 1 is 1.21 bits per heavy atom. The fourth-order valence-corrected chi connectivity index (χ4v) is 3.59. The number of carbonyl (C=O) groups excluding carboxylic acids is 1. The maximum atomic E-state index is 12.6. The molecule has 1 fully saturated rings. The number of rotatable bonds is 5.